The van der Waals surface area contributed by atoms with Gasteiger partial charge in [-0.2, -0.15) is 0 Å². The normalized spacial score (nSPS) is 19.4. The number of anilines is 1. The fourth-order valence-corrected chi connectivity index (χ4v) is 9.36. The van der Waals surface area contributed by atoms with E-state index in [2.05, 4.69) is 99.3 Å². The summed E-state index contributed by atoms with van der Waals surface area (Å²) in [5.74, 6) is 2.41. The molecule has 0 aliphatic heterocycles. The van der Waals surface area contributed by atoms with E-state index in [-0.39, 0.29) is 43.8 Å². The van der Waals surface area contributed by atoms with Gasteiger partial charge in [0.2, 0.25) is 5.91 Å². The number of fused-ring (bicyclic) bond motifs is 1. The molecule has 2 aromatic rings. The lowest BCUT2D eigenvalue weighted by Gasteiger charge is -2.31. The van der Waals surface area contributed by atoms with Crippen molar-refractivity contribution < 1.29 is 40.2 Å². The lowest BCUT2D eigenvalue weighted by molar-refractivity contribution is -0.697. The summed E-state index contributed by atoms with van der Waals surface area (Å²) in [6.45, 7) is 7.56. The molecular formula is C47H72N6O6S2+2. The molecule has 1 saturated carbocycles. The number of amides is 1. The molecule has 1 heterocycles. The van der Waals surface area contributed by atoms with Crippen molar-refractivity contribution in [3.05, 3.63) is 108 Å². The Morgan fingerprint density at radius 2 is 1.59 bits per heavy atom. The predicted octanol–water partition coefficient (Wildman–Crippen LogP) is 3.10. The Hall–Kier alpha value is -3.28. The van der Waals surface area contributed by atoms with Crippen LogP contribution >= 0.6 is 21.6 Å². The first-order valence-corrected chi connectivity index (χ1v) is 24.5. The molecule has 2 aliphatic rings. The molecule has 61 heavy (non-hydrogen) atoms. The number of hydrogen-bond donors (Lipinski definition) is 8. The average molecular weight is 881 g/mol. The van der Waals surface area contributed by atoms with Gasteiger partial charge in [0.25, 0.3) is 0 Å². The Balaban J connectivity index is 0.961. The summed E-state index contributed by atoms with van der Waals surface area (Å²) >= 11 is 0. The minimum absolute atomic E-state index is 0.0406. The summed E-state index contributed by atoms with van der Waals surface area (Å²) in [6.07, 6.45) is 28.3. The van der Waals surface area contributed by atoms with Gasteiger partial charge in [0.1, 0.15) is 12.8 Å². The molecular weight excluding hydrogens is 809 g/mol. The number of benzene rings is 1. The highest BCUT2D eigenvalue weighted by atomic mass is 33.1. The third-order valence-corrected chi connectivity index (χ3v) is 13.6. The Morgan fingerprint density at radius 3 is 2.25 bits per heavy atom. The van der Waals surface area contributed by atoms with Crippen molar-refractivity contribution in [2.45, 2.75) is 64.3 Å². The zero-order chi connectivity index (χ0) is 43.5. The summed E-state index contributed by atoms with van der Waals surface area (Å²) in [6, 6.07) is 12.5. The van der Waals surface area contributed by atoms with E-state index in [0.29, 0.717) is 51.5 Å². The van der Waals surface area contributed by atoms with Crippen LogP contribution in [0.5, 0.6) is 0 Å². The number of allylic oxidation sites excluding steroid dienone is 6. The molecule has 14 heteroatoms. The molecule has 2 aliphatic carbocycles. The van der Waals surface area contributed by atoms with Crippen LogP contribution in [0.2, 0.25) is 0 Å². The monoisotopic (exact) mass is 880 g/mol. The van der Waals surface area contributed by atoms with Gasteiger partial charge in [0, 0.05) is 99.3 Å². The number of rotatable bonds is 32. The van der Waals surface area contributed by atoms with Crippen LogP contribution in [0.15, 0.2) is 97.0 Å². The number of quaternary nitrogens is 1. The summed E-state index contributed by atoms with van der Waals surface area (Å²) in [5, 5.41) is 56.0. The highest BCUT2D eigenvalue weighted by Crippen LogP contribution is 2.60. The summed E-state index contributed by atoms with van der Waals surface area (Å²) in [4.78, 5) is 16.5. The lowest BCUT2D eigenvalue weighted by Crippen LogP contribution is -2.78. The van der Waals surface area contributed by atoms with Gasteiger partial charge >= 0.3 is 0 Å². The van der Waals surface area contributed by atoms with E-state index in [1.807, 2.05) is 41.6 Å². The third-order valence-electron chi connectivity index (χ3n) is 11.2. The van der Waals surface area contributed by atoms with Crippen LogP contribution in [0.4, 0.5) is 5.69 Å². The highest BCUT2D eigenvalue weighted by Gasteiger charge is 2.52. The number of hydrogen-bond acceptors (Lipinski definition) is 11. The van der Waals surface area contributed by atoms with Crippen LogP contribution < -0.4 is 25.4 Å². The van der Waals surface area contributed by atoms with Crippen LogP contribution in [0.25, 0.3) is 12.2 Å². The minimum Gasteiger partial charge on any atom is -0.395 e. The summed E-state index contributed by atoms with van der Waals surface area (Å²) in [7, 11) is 3.48. The maximum Gasteiger partial charge on any atom is 0.220 e. The highest BCUT2D eigenvalue weighted by molar-refractivity contribution is 8.76. The van der Waals surface area contributed by atoms with E-state index in [1.165, 1.54) is 5.57 Å². The number of pyridine rings is 1. The van der Waals surface area contributed by atoms with Crippen LogP contribution in [0.1, 0.15) is 56.6 Å². The first kappa shape index (κ1) is 50.4. The quantitative estimate of drug-likeness (QED) is 0.0136. The second-order valence-corrected chi connectivity index (χ2v) is 18.3. The number of aryl methyl sites for hydroxylation is 1. The van der Waals surface area contributed by atoms with Crippen LogP contribution in [0, 0.1) is 11.3 Å². The van der Waals surface area contributed by atoms with Gasteiger partial charge in [-0.1, -0.05) is 76.3 Å². The van der Waals surface area contributed by atoms with Gasteiger partial charge < -0.3 is 41.1 Å². The van der Waals surface area contributed by atoms with Crippen molar-refractivity contribution in [1.29, 1.82) is 0 Å². The van der Waals surface area contributed by atoms with Crippen LogP contribution in [0.3, 0.4) is 0 Å². The fraction of sp³-hybridized carbons (Fsp3) is 0.532. The number of aromatic nitrogens is 1. The zero-order valence-corrected chi connectivity index (χ0v) is 37.7. The topological polar surface area (TPSA) is 169 Å². The summed E-state index contributed by atoms with van der Waals surface area (Å²) in [5.41, 5.74) is 4.45. The average Bonchev–Trinajstić information content (AvgIpc) is 4.00. The molecule has 4 atom stereocenters. The maximum absolute atomic E-state index is 12.3. The van der Waals surface area contributed by atoms with Gasteiger partial charge in [-0.3, -0.25) is 15.0 Å². The summed E-state index contributed by atoms with van der Waals surface area (Å²) < 4.78 is 2.09. The van der Waals surface area contributed by atoms with Gasteiger partial charge in [-0.05, 0) is 67.0 Å². The Morgan fingerprint density at radius 1 is 0.918 bits per heavy atom. The molecule has 0 bridgehead atoms. The van der Waals surface area contributed by atoms with E-state index in [0.717, 1.165) is 73.6 Å². The number of nitrogens with zero attached hydrogens (tertiary/aromatic N) is 3. The molecule has 336 valence electrons. The van der Waals surface area contributed by atoms with Gasteiger partial charge in [-0.15, -0.1) is 0 Å². The number of aliphatic hydroxyl groups is 5. The van der Waals surface area contributed by atoms with E-state index in [4.69, 9.17) is 0 Å². The Bertz CT molecular complexity index is 1680. The van der Waals surface area contributed by atoms with E-state index >= 15 is 0 Å². The molecule has 1 aromatic carbocycles. The largest absolute Gasteiger partial charge is 0.395 e. The first-order chi connectivity index (χ1) is 29.8. The van der Waals surface area contributed by atoms with Gasteiger partial charge in [0.15, 0.2) is 12.4 Å². The standard InChI is InChI=1S/C47H70N6O6S2/c1-2-39(13-18-47-19-14-44(37-42(47)38-47)53(29-33-56)30-34-57)15-21-48-20-3-5-45(58)49-22-35-60-61-36-23-50-46(59)6-4-24-51-25-16-41(17-26-51)8-7-40-9-11-43(12-10-40)52(27-31-54)28-32-55/h2,7-19,21,25-26,42,44-45,48-49,54-58H,3-6,20,22-24,27-38H2,1H3/p+2. The van der Waals surface area contributed by atoms with E-state index in [9.17, 15) is 30.3 Å². The van der Waals surface area contributed by atoms with Crippen LogP contribution in [-0.4, -0.2) is 132 Å². The van der Waals surface area contributed by atoms with Gasteiger partial charge in [-0.25, -0.2) is 4.57 Å². The van der Waals surface area contributed by atoms with Crippen molar-refractivity contribution in [3.63, 3.8) is 0 Å². The molecule has 0 saturated heterocycles. The zero-order valence-electron chi connectivity index (χ0n) is 36.1. The van der Waals surface area contributed by atoms with E-state index < -0.39 is 6.23 Å². The second-order valence-electron chi connectivity index (χ2n) is 15.6. The molecule has 4 rings (SSSR count). The fourth-order valence-electron chi connectivity index (χ4n) is 7.53. The molecule has 1 fully saturated rings. The smallest absolute Gasteiger partial charge is 0.220 e. The number of nitrogens with two attached hydrogens (primary N) is 1. The van der Waals surface area contributed by atoms with Gasteiger partial charge in [0.05, 0.1) is 39.2 Å². The molecule has 4 unspecified atom stereocenters. The third kappa shape index (κ3) is 18.9. The number of carbonyl (C=O) groups excluding carboxylic acids is 1. The molecule has 9 N–H and O–H groups in total. The second kappa shape index (κ2) is 29.2. The van der Waals surface area contributed by atoms with Crippen molar-refractivity contribution in [1.82, 2.24) is 15.5 Å². The Kier molecular flexibility index (Phi) is 24.1. The molecule has 0 radical (unpaired) electrons. The number of nitrogens with one attached hydrogen (secondary N) is 2. The minimum atomic E-state index is -0.512. The SMILES string of the molecule is CC=C(C=C[NH2+]CCCC(O)NCCSSCCNC(=O)CCC[n+]1ccc(C=Cc2ccc(N(CCO)CCO)cc2)cc1)C=CC12C=CC(N(CCO)CCO)CC1C2. The lowest BCUT2D eigenvalue weighted by atomic mass is 9.90. The molecule has 1 aromatic heterocycles. The van der Waals surface area contributed by atoms with Crippen molar-refractivity contribution in [2.75, 3.05) is 88.6 Å². The Labute approximate surface area is 372 Å². The van der Waals surface area contributed by atoms with Crippen LogP contribution in [-0.2, 0) is 11.3 Å². The molecule has 12 nitrogen and oxygen atoms in total. The number of carbonyl (C=O) groups is 1. The van der Waals surface area contributed by atoms with Crippen molar-refractivity contribution >= 4 is 45.3 Å². The van der Waals surface area contributed by atoms with Crippen molar-refractivity contribution in [3.8, 4) is 0 Å². The van der Waals surface area contributed by atoms with E-state index in [1.54, 1.807) is 21.6 Å². The first-order valence-electron chi connectivity index (χ1n) is 22.0. The predicted molar refractivity (Wildman–Crippen MR) is 251 cm³/mol. The van der Waals surface area contributed by atoms with Crippen molar-refractivity contribution in [2.24, 2.45) is 11.3 Å². The number of aliphatic hydroxyl groups excluding tert-OH is 5. The maximum atomic E-state index is 12.3. The molecule has 0 spiro atoms. The molecule has 1 amide bonds.